The summed E-state index contributed by atoms with van der Waals surface area (Å²) in [5, 5.41) is 3.36. The number of sulfonamides is 2. The maximum Gasteiger partial charge on any atom is 0.243 e. The number of hydrogen-bond donors (Lipinski definition) is 1. The Morgan fingerprint density at radius 2 is 1.47 bits per heavy atom. The molecule has 0 aromatic heterocycles. The van der Waals surface area contributed by atoms with Crippen molar-refractivity contribution >= 4 is 54.8 Å². The highest BCUT2D eigenvalue weighted by Crippen LogP contribution is 2.29. The number of hydrogen-bond acceptors (Lipinski definition) is 5. The highest BCUT2D eigenvalue weighted by atomic mass is 35.5. The molecule has 1 N–H and O–H groups in total. The number of nitrogens with one attached hydrogen (secondary N) is 1. The molecule has 2 fully saturated rings. The normalized spacial score (nSPS) is 20.2. The summed E-state index contributed by atoms with van der Waals surface area (Å²) in [7, 11) is -7.30. The van der Waals surface area contributed by atoms with Gasteiger partial charge in [-0.3, -0.25) is 4.79 Å². The van der Waals surface area contributed by atoms with E-state index in [9.17, 15) is 21.6 Å². The van der Waals surface area contributed by atoms with Crippen molar-refractivity contribution in [1.29, 1.82) is 0 Å². The number of carbonyl (C=O) groups is 1. The molecule has 8 nitrogen and oxygen atoms in total. The maximum absolute atomic E-state index is 13.1. The van der Waals surface area contributed by atoms with Gasteiger partial charge in [0.15, 0.2) is 0 Å². The van der Waals surface area contributed by atoms with Gasteiger partial charge in [0, 0.05) is 47.5 Å². The van der Waals surface area contributed by atoms with Crippen LogP contribution >= 0.6 is 23.2 Å². The van der Waals surface area contributed by atoms with Crippen molar-refractivity contribution in [3.05, 3.63) is 58.1 Å². The molecule has 2 heterocycles. The predicted molar refractivity (Wildman–Crippen MR) is 141 cm³/mol. The lowest BCUT2D eigenvalue weighted by Gasteiger charge is -2.31. The number of piperidine rings is 2. The van der Waals surface area contributed by atoms with Crippen LogP contribution < -0.4 is 5.32 Å². The number of amides is 1. The zero-order chi connectivity index (χ0) is 25.9. The molecule has 2 aromatic carbocycles. The number of benzene rings is 2. The largest absolute Gasteiger partial charge is 0.326 e. The second-order valence-electron chi connectivity index (χ2n) is 9.13. The monoisotopic (exact) mass is 573 g/mol. The molecule has 2 saturated heterocycles. The Bertz CT molecular complexity index is 1290. The van der Waals surface area contributed by atoms with Crippen LogP contribution in [0.3, 0.4) is 0 Å². The average molecular weight is 575 g/mol. The summed E-state index contributed by atoms with van der Waals surface area (Å²) in [4.78, 5) is 13.1. The van der Waals surface area contributed by atoms with Crippen LogP contribution in [0.5, 0.6) is 0 Å². The molecule has 4 rings (SSSR count). The SMILES string of the molecule is O=C(Nc1ccc(S(=O)(=O)N2CCCCC2)cc1)[C@H]1CCCN(S(=O)(=O)Cc2c(Cl)cccc2Cl)C1. The summed E-state index contributed by atoms with van der Waals surface area (Å²) in [5.74, 6) is -1.18. The van der Waals surface area contributed by atoms with Crippen LogP contribution in [0.25, 0.3) is 0 Å². The topological polar surface area (TPSA) is 104 Å². The van der Waals surface area contributed by atoms with Gasteiger partial charge in [-0.15, -0.1) is 0 Å². The van der Waals surface area contributed by atoms with E-state index in [1.807, 2.05) is 0 Å². The number of halogens is 2. The minimum absolute atomic E-state index is 0.0532. The Kier molecular flexibility index (Phi) is 8.63. The smallest absolute Gasteiger partial charge is 0.243 e. The van der Waals surface area contributed by atoms with Crippen LogP contribution in [0.4, 0.5) is 5.69 Å². The van der Waals surface area contributed by atoms with Crippen molar-refractivity contribution in [2.75, 3.05) is 31.5 Å². The van der Waals surface area contributed by atoms with Gasteiger partial charge in [0.05, 0.1) is 16.6 Å². The van der Waals surface area contributed by atoms with E-state index in [1.165, 1.54) is 20.7 Å². The molecule has 0 spiro atoms. The van der Waals surface area contributed by atoms with E-state index in [-0.39, 0.29) is 33.1 Å². The van der Waals surface area contributed by atoms with Crippen molar-refractivity contribution in [3.63, 3.8) is 0 Å². The van der Waals surface area contributed by atoms with Crippen LogP contribution in [0.1, 0.15) is 37.7 Å². The van der Waals surface area contributed by atoms with Crippen molar-refractivity contribution in [1.82, 2.24) is 8.61 Å². The molecule has 0 unspecified atom stereocenters. The first-order chi connectivity index (χ1) is 17.1. The molecule has 0 bridgehead atoms. The van der Waals surface area contributed by atoms with Gasteiger partial charge in [-0.2, -0.15) is 4.31 Å². The standard InChI is InChI=1S/C24H29Cl2N3O5S2/c25-22-7-4-8-23(26)21(22)17-35(31,32)29-15-5-6-18(16-29)24(30)27-19-9-11-20(12-10-19)36(33,34)28-13-2-1-3-14-28/h4,7-12,18H,1-3,5-6,13-17H2,(H,27,30)/t18-/m0/s1. The summed E-state index contributed by atoms with van der Waals surface area (Å²) in [5.41, 5.74) is 0.799. The summed E-state index contributed by atoms with van der Waals surface area (Å²) < 4.78 is 54.6. The van der Waals surface area contributed by atoms with Gasteiger partial charge in [0.2, 0.25) is 26.0 Å². The van der Waals surface area contributed by atoms with Crippen molar-refractivity contribution in [2.45, 2.75) is 42.8 Å². The first-order valence-electron chi connectivity index (χ1n) is 11.9. The highest BCUT2D eigenvalue weighted by molar-refractivity contribution is 7.89. The lowest BCUT2D eigenvalue weighted by molar-refractivity contribution is -0.120. The molecule has 0 aliphatic carbocycles. The lowest BCUT2D eigenvalue weighted by Crippen LogP contribution is -2.44. The molecular formula is C24H29Cl2N3O5S2. The van der Waals surface area contributed by atoms with Gasteiger partial charge < -0.3 is 5.32 Å². The molecule has 2 aliphatic heterocycles. The Labute approximate surface area is 222 Å². The van der Waals surface area contributed by atoms with E-state index < -0.39 is 26.0 Å². The molecule has 12 heteroatoms. The number of carbonyl (C=O) groups excluding carboxylic acids is 1. The fraction of sp³-hybridized carbons (Fsp3) is 0.458. The van der Waals surface area contributed by atoms with Gasteiger partial charge in [0.25, 0.3) is 0 Å². The third-order valence-corrected chi connectivity index (χ3v) is 11.0. The Balaban J connectivity index is 1.39. The second-order valence-corrected chi connectivity index (χ2v) is 13.9. The lowest BCUT2D eigenvalue weighted by atomic mass is 9.99. The van der Waals surface area contributed by atoms with Gasteiger partial charge in [0.1, 0.15) is 0 Å². The quantitative estimate of drug-likeness (QED) is 0.530. The van der Waals surface area contributed by atoms with Crippen molar-refractivity contribution in [2.24, 2.45) is 5.92 Å². The maximum atomic E-state index is 13.1. The van der Waals surface area contributed by atoms with E-state index in [1.54, 1.807) is 30.3 Å². The van der Waals surface area contributed by atoms with E-state index in [2.05, 4.69) is 5.32 Å². The predicted octanol–water partition coefficient (Wildman–Crippen LogP) is 4.35. The molecule has 36 heavy (non-hydrogen) atoms. The molecule has 0 radical (unpaired) electrons. The molecule has 1 amide bonds. The van der Waals surface area contributed by atoms with Crippen LogP contribution in [0.2, 0.25) is 10.0 Å². The summed E-state index contributed by atoms with van der Waals surface area (Å²) in [6.45, 7) is 1.41. The van der Waals surface area contributed by atoms with E-state index in [0.29, 0.717) is 43.7 Å². The van der Waals surface area contributed by atoms with Gasteiger partial charge in [-0.1, -0.05) is 35.7 Å². The second kappa shape index (κ2) is 11.4. The third-order valence-electron chi connectivity index (χ3n) is 6.61. The van der Waals surface area contributed by atoms with Crippen LogP contribution in [-0.2, 0) is 30.6 Å². The van der Waals surface area contributed by atoms with Crippen LogP contribution in [-0.4, -0.2) is 57.5 Å². The van der Waals surface area contributed by atoms with E-state index >= 15 is 0 Å². The first-order valence-corrected chi connectivity index (χ1v) is 15.7. The number of rotatable bonds is 7. The van der Waals surface area contributed by atoms with E-state index in [4.69, 9.17) is 23.2 Å². The van der Waals surface area contributed by atoms with Gasteiger partial charge in [-0.25, -0.2) is 21.1 Å². The van der Waals surface area contributed by atoms with Crippen molar-refractivity contribution < 1.29 is 21.6 Å². The zero-order valence-corrected chi connectivity index (χ0v) is 22.8. The fourth-order valence-corrected chi connectivity index (χ4v) is 8.44. The number of nitrogens with zero attached hydrogens (tertiary/aromatic N) is 2. The fourth-order valence-electron chi connectivity index (χ4n) is 4.56. The molecule has 196 valence electrons. The molecule has 2 aromatic rings. The minimum Gasteiger partial charge on any atom is -0.326 e. The average Bonchev–Trinajstić information content (AvgIpc) is 2.87. The third kappa shape index (κ3) is 6.23. The Hall–Kier alpha value is -1.69. The zero-order valence-electron chi connectivity index (χ0n) is 19.7. The molecule has 0 saturated carbocycles. The first kappa shape index (κ1) is 27.3. The Morgan fingerprint density at radius 1 is 0.861 bits per heavy atom. The summed E-state index contributed by atoms with van der Waals surface area (Å²) >= 11 is 12.3. The summed E-state index contributed by atoms with van der Waals surface area (Å²) in [6, 6.07) is 10.9. The highest BCUT2D eigenvalue weighted by Gasteiger charge is 2.33. The minimum atomic E-state index is -3.74. The van der Waals surface area contributed by atoms with Gasteiger partial charge in [-0.05, 0) is 62.1 Å². The van der Waals surface area contributed by atoms with Gasteiger partial charge >= 0.3 is 0 Å². The van der Waals surface area contributed by atoms with Crippen LogP contribution in [0.15, 0.2) is 47.4 Å². The van der Waals surface area contributed by atoms with Crippen LogP contribution in [0, 0.1) is 5.92 Å². The Morgan fingerprint density at radius 3 is 2.11 bits per heavy atom. The summed E-state index contributed by atoms with van der Waals surface area (Å²) in [6.07, 6.45) is 3.83. The molecular weight excluding hydrogens is 545 g/mol. The number of anilines is 1. The van der Waals surface area contributed by atoms with E-state index in [0.717, 1.165) is 19.3 Å². The van der Waals surface area contributed by atoms with Crippen molar-refractivity contribution in [3.8, 4) is 0 Å². The molecule has 1 atom stereocenters. The molecule has 2 aliphatic rings.